The van der Waals surface area contributed by atoms with Crippen molar-refractivity contribution < 1.29 is 23.4 Å². The fraction of sp³-hybridized carbons (Fsp3) is 0.316. The van der Waals surface area contributed by atoms with E-state index in [0.717, 1.165) is 57.7 Å². The maximum absolute atomic E-state index is 14.1. The molecule has 1 heterocycles. The van der Waals surface area contributed by atoms with E-state index in [-0.39, 0.29) is 13.0 Å². The smallest absolute Gasteiger partial charge is 0.251 e. The molecule has 246 valence electrons. The van der Waals surface area contributed by atoms with Crippen molar-refractivity contribution >= 4 is 22.7 Å². The van der Waals surface area contributed by atoms with Gasteiger partial charge in [-0.1, -0.05) is 50.2 Å². The number of aliphatic hydroxyl groups is 1. The van der Waals surface area contributed by atoms with Gasteiger partial charge in [0, 0.05) is 42.6 Å². The van der Waals surface area contributed by atoms with Crippen LogP contribution in [0.3, 0.4) is 0 Å². The van der Waals surface area contributed by atoms with Gasteiger partial charge in [-0.2, -0.15) is 0 Å². The molecule has 0 aliphatic carbocycles. The molecule has 1 aliphatic heterocycles. The first-order valence-electron chi connectivity index (χ1n) is 16.1. The van der Waals surface area contributed by atoms with E-state index in [2.05, 4.69) is 41.6 Å². The van der Waals surface area contributed by atoms with E-state index in [1.54, 1.807) is 17.8 Å². The Balaban J connectivity index is 1.39. The van der Waals surface area contributed by atoms with Gasteiger partial charge in [0.2, 0.25) is 0 Å². The molecule has 0 saturated heterocycles. The second-order valence-electron chi connectivity index (χ2n) is 11.6. The standard InChI is InChI=1S/C38H41F2N3O3S/c1-3-13-46-34-10-8-28(9-11-34)29-19-30(21-31(20-29)38-42-12-14-47-38)37(45)43-35(18-27-16-32(39)22-33(40)17-27)36(44)24-41-23-26-7-5-6-25(4-2)15-26/h5-11,15-17,19-22,35-36,41,44H,3-4,12-14,18,23-24H2,1-2H3,(H,43,45). The predicted octanol–water partition coefficient (Wildman–Crippen LogP) is 6.97. The number of hydrogen-bond acceptors (Lipinski definition) is 6. The number of carbonyl (C=O) groups excluding carboxylic acids is 1. The zero-order valence-corrected chi connectivity index (χ0v) is 27.6. The molecular weight excluding hydrogens is 616 g/mol. The number of ether oxygens (including phenoxy) is 1. The molecule has 3 N–H and O–H groups in total. The van der Waals surface area contributed by atoms with Crippen LogP contribution >= 0.6 is 11.8 Å². The monoisotopic (exact) mass is 657 g/mol. The van der Waals surface area contributed by atoms with Crippen LogP contribution in [-0.2, 0) is 19.4 Å². The zero-order valence-electron chi connectivity index (χ0n) is 26.8. The minimum atomic E-state index is -1.05. The lowest BCUT2D eigenvalue weighted by Gasteiger charge is -2.25. The third-order valence-corrected chi connectivity index (χ3v) is 8.95. The van der Waals surface area contributed by atoms with Gasteiger partial charge in [0.15, 0.2) is 0 Å². The van der Waals surface area contributed by atoms with Gasteiger partial charge in [-0.05, 0) is 89.5 Å². The van der Waals surface area contributed by atoms with Crippen LogP contribution in [0.2, 0.25) is 0 Å². The molecule has 5 rings (SSSR count). The molecule has 0 radical (unpaired) electrons. The molecule has 2 atom stereocenters. The van der Waals surface area contributed by atoms with E-state index in [9.17, 15) is 18.7 Å². The van der Waals surface area contributed by atoms with E-state index in [1.165, 1.54) is 17.7 Å². The molecule has 0 saturated carbocycles. The number of hydrogen-bond donors (Lipinski definition) is 3. The Morgan fingerprint density at radius 1 is 0.915 bits per heavy atom. The zero-order chi connectivity index (χ0) is 33.2. The number of benzene rings is 4. The van der Waals surface area contributed by atoms with Gasteiger partial charge in [0.1, 0.15) is 17.4 Å². The Morgan fingerprint density at radius 3 is 2.36 bits per heavy atom. The SMILES string of the molecule is CCCOc1ccc(-c2cc(C(=O)NC(Cc3cc(F)cc(F)c3)C(O)CNCc3cccc(CC)c3)cc(C3=NCCS3)c2)cc1. The summed E-state index contributed by atoms with van der Waals surface area (Å²) >= 11 is 1.64. The molecule has 6 nitrogen and oxygen atoms in total. The van der Waals surface area contributed by atoms with E-state index in [1.807, 2.05) is 48.5 Å². The van der Waals surface area contributed by atoms with E-state index in [4.69, 9.17) is 4.74 Å². The third-order valence-electron chi connectivity index (χ3n) is 7.93. The van der Waals surface area contributed by atoms with Crippen LogP contribution in [0.15, 0.2) is 89.9 Å². The average molecular weight is 658 g/mol. The highest BCUT2D eigenvalue weighted by atomic mass is 32.2. The van der Waals surface area contributed by atoms with Gasteiger partial charge in [-0.25, -0.2) is 8.78 Å². The molecule has 9 heteroatoms. The topological polar surface area (TPSA) is 83.0 Å². The van der Waals surface area contributed by atoms with Gasteiger partial charge >= 0.3 is 0 Å². The number of nitrogens with one attached hydrogen (secondary N) is 2. The molecule has 4 aromatic carbocycles. The summed E-state index contributed by atoms with van der Waals surface area (Å²) < 4.78 is 34.0. The summed E-state index contributed by atoms with van der Waals surface area (Å²) in [5.74, 6) is -0.189. The van der Waals surface area contributed by atoms with Crippen molar-refractivity contribution in [2.45, 2.75) is 51.8 Å². The number of amides is 1. The Kier molecular flexibility index (Phi) is 12.2. The number of nitrogens with zero attached hydrogens (tertiary/aromatic N) is 1. The van der Waals surface area contributed by atoms with E-state index < -0.39 is 29.7 Å². The molecule has 47 heavy (non-hydrogen) atoms. The van der Waals surface area contributed by atoms with Crippen molar-refractivity contribution in [1.29, 1.82) is 0 Å². The third kappa shape index (κ3) is 9.73. The minimum absolute atomic E-state index is 0.0307. The Bertz CT molecular complexity index is 1680. The van der Waals surface area contributed by atoms with Crippen LogP contribution in [0, 0.1) is 11.6 Å². The Labute approximate surface area is 279 Å². The summed E-state index contributed by atoms with van der Waals surface area (Å²) in [5, 5.41) is 18.4. The molecule has 0 bridgehead atoms. The fourth-order valence-corrected chi connectivity index (χ4v) is 6.35. The second-order valence-corrected chi connectivity index (χ2v) is 12.7. The average Bonchev–Trinajstić information content (AvgIpc) is 3.62. The lowest BCUT2D eigenvalue weighted by molar-refractivity contribution is 0.0830. The van der Waals surface area contributed by atoms with Gasteiger partial charge in [0.25, 0.3) is 5.91 Å². The molecular formula is C38H41F2N3O3S. The second kappa shape index (κ2) is 16.7. The van der Waals surface area contributed by atoms with Crippen LogP contribution in [0.4, 0.5) is 8.78 Å². The lowest BCUT2D eigenvalue weighted by atomic mass is 9.97. The highest BCUT2D eigenvalue weighted by molar-refractivity contribution is 8.14. The summed E-state index contributed by atoms with van der Waals surface area (Å²) in [5.41, 5.74) is 5.60. The molecule has 0 aromatic heterocycles. The Morgan fingerprint density at radius 2 is 1.66 bits per heavy atom. The number of rotatable bonds is 15. The quantitative estimate of drug-likeness (QED) is 0.129. The summed E-state index contributed by atoms with van der Waals surface area (Å²) in [4.78, 5) is 18.5. The van der Waals surface area contributed by atoms with Crippen LogP contribution in [0.1, 0.15) is 52.9 Å². The number of halogens is 2. The number of aliphatic imine (C=N–C) groups is 1. The van der Waals surface area contributed by atoms with Crippen LogP contribution < -0.4 is 15.4 Å². The number of thioether (sulfide) groups is 1. The first kappa shape index (κ1) is 34.3. The number of aliphatic hydroxyl groups excluding tert-OH is 1. The molecule has 4 aromatic rings. The van der Waals surface area contributed by atoms with Crippen LogP contribution in [-0.4, -0.2) is 53.7 Å². The molecule has 2 unspecified atom stereocenters. The molecule has 1 amide bonds. The molecule has 0 spiro atoms. The Hall–Kier alpha value is -4.05. The predicted molar refractivity (Wildman–Crippen MR) is 186 cm³/mol. The van der Waals surface area contributed by atoms with Crippen molar-refractivity contribution in [3.63, 3.8) is 0 Å². The minimum Gasteiger partial charge on any atom is -0.494 e. The first-order valence-corrected chi connectivity index (χ1v) is 17.1. The lowest BCUT2D eigenvalue weighted by Crippen LogP contribution is -2.48. The van der Waals surface area contributed by atoms with Crippen molar-refractivity contribution in [3.8, 4) is 16.9 Å². The molecule has 0 fully saturated rings. The summed E-state index contributed by atoms with van der Waals surface area (Å²) in [6, 6.07) is 24.0. The van der Waals surface area contributed by atoms with Crippen LogP contribution in [0.5, 0.6) is 5.75 Å². The highest BCUT2D eigenvalue weighted by Crippen LogP contribution is 2.28. The molecule has 1 aliphatic rings. The van der Waals surface area contributed by atoms with Crippen molar-refractivity contribution in [3.05, 3.63) is 124 Å². The van der Waals surface area contributed by atoms with Gasteiger partial charge in [0.05, 0.1) is 23.8 Å². The van der Waals surface area contributed by atoms with Crippen molar-refractivity contribution in [1.82, 2.24) is 10.6 Å². The van der Waals surface area contributed by atoms with E-state index in [0.29, 0.717) is 30.8 Å². The fourth-order valence-electron chi connectivity index (χ4n) is 5.51. The first-order chi connectivity index (χ1) is 22.8. The van der Waals surface area contributed by atoms with Crippen molar-refractivity contribution in [2.75, 3.05) is 25.4 Å². The van der Waals surface area contributed by atoms with Gasteiger partial charge in [-0.3, -0.25) is 9.79 Å². The number of carbonyl (C=O) groups is 1. The van der Waals surface area contributed by atoms with Crippen molar-refractivity contribution in [2.24, 2.45) is 4.99 Å². The highest BCUT2D eigenvalue weighted by Gasteiger charge is 2.24. The van der Waals surface area contributed by atoms with Gasteiger partial charge in [-0.15, -0.1) is 11.8 Å². The number of aryl methyl sites for hydroxylation is 1. The maximum Gasteiger partial charge on any atom is 0.251 e. The van der Waals surface area contributed by atoms with Crippen LogP contribution in [0.25, 0.3) is 11.1 Å². The maximum atomic E-state index is 14.1. The summed E-state index contributed by atoms with van der Waals surface area (Å²) in [6.45, 7) is 6.17. The van der Waals surface area contributed by atoms with E-state index >= 15 is 0 Å². The normalized spacial score (nSPS) is 14.0. The van der Waals surface area contributed by atoms with Gasteiger partial charge < -0.3 is 20.5 Å². The largest absolute Gasteiger partial charge is 0.494 e. The summed E-state index contributed by atoms with van der Waals surface area (Å²) in [7, 11) is 0. The summed E-state index contributed by atoms with van der Waals surface area (Å²) in [6.07, 6.45) is 0.813.